The Hall–Kier alpha value is -0.930. The Balaban J connectivity index is 1.96. The monoisotopic (exact) mass is 236 g/mol. The highest BCUT2D eigenvalue weighted by molar-refractivity contribution is 5.19. The quantitative estimate of drug-likeness (QED) is 0.867. The van der Waals surface area contributed by atoms with Crippen LogP contribution in [0.25, 0.3) is 0 Å². The molecular weight excluding hydrogens is 215 g/mol. The Morgan fingerprint density at radius 1 is 1.47 bits per heavy atom. The van der Waals surface area contributed by atoms with Gasteiger partial charge in [0.15, 0.2) is 0 Å². The molecule has 0 aliphatic carbocycles. The number of benzene rings is 1. The van der Waals surface area contributed by atoms with Crippen LogP contribution >= 0.6 is 0 Å². The normalized spacial score (nSPS) is 27.3. The summed E-state index contributed by atoms with van der Waals surface area (Å²) in [6, 6.07) is 8.19. The van der Waals surface area contributed by atoms with E-state index in [4.69, 9.17) is 0 Å². The van der Waals surface area contributed by atoms with Crippen LogP contribution in [0.5, 0.6) is 0 Å². The van der Waals surface area contributed by atoms with Crippen LogP contribution < -0.4 is 5.32 Å². The fraction of sp³-hybridized carbons (Fsp3) is 0.571. The van der Waals surface area contributed by atoms with Crippen molar-refractivity contribution < 1.29 is 4.39 Å². The molecule has 1 saturated heterocycles. The molecule has 0 aromatic heterocycles. The van der Waals surface area contributed by atoms with Crippen molar-refractivity contribution in [3.05, 3.63) is 35.6 Å². The van der Waals surface area contributed by atoms with Crippen molar-refractivity contribution in [2.45, 2.75) is 38.4 Å². The molecule has 1 aromatic rings. The third kappa shape index (κ3) is 3.05. The predicted octanol–water partition coefficient (Wildman–Crippen LogP) is 2.57. The third-order valence-corrected chi connectivity index (χ3v) is 3.72. The molecule has 0 spiro atoms. The molecule has 17 heavy (non-hydrogen) atoms. The number of likely N-dealkylation sites (tertiary alicyclic amines) is 1. The van der Waals surface area contributed by atoms with E-state index in [-0.39, 0.29) is 11.9 Å². The average molecular weight is 236 g/mol. The number of nitrogens with one attached hydrogen (secondary N) is 1. The van der Waals surface area contributed by atoms with Gasteiger partial charge in [-0.1, -0.05) is 12.1 Å². The minimum Gasteiger partial charge on any atom is -0.306 e. The number of likely N-dealkylation sites (N-methyl/N-ethyl adjacent to an activating group) is 1. The lowest BCUT2D eigenvalue weighted by Gasteiger charge is -2.19. The summed E-state index contributed by atoms with van der Waals surface area (Å²) in [6.07, 6.45) is 1.16. The summed E-state index contributed by atoms with van der Waals surface area (Å²) in [5.41, 5.74) is 1.02. The van der Waals surface area contributed by atoms with Crippen molar-refractivity contribution in [3.63, 3.8) is 0 Å². The number of halogens is 1. The van der Waals surface area contributed by atoms with Crippen LogP contribution in [0.3, 0.4) is 0 Å². The second kappa shape index (κ2) is 5.15. The van der Waals surface area contributed by atoms with Gasteiger partial charge in [0.2, 0.25) is 0 Å². The molecular formula is C14H21FN2. The summed E-state index contributed by atoms with van der Waals surface area (Å²) in [5.74, 6) is -0.159. The topological polar surface area (TPSA) is 15.3 Å². The molecule has 3 unspecified atom stereocenters. The second-order valence-electron chi connectivity index (χ2n) is 5.16. The first-order chi connectivity index (χ1) is 8.06. The highest BCUT2D eigenvalue weighted by atomic mass is 19.1. The molecule has 3 atom stereocenters. The highest BCUT2D eigenvalue weighted by Gasteiger charge is 2.26. The van der Waals surface area contributed by atoms with Gasteiger partial charge < -0.3 is 10.2 Å². The second-order valence-corrected chi connectivity index (χ2v) is 5.16. The molecule has 2 rings (SSSR count). The van der Waals surface area contributed by atoms with Crippen LogP contribution in [0.4, 0.5) is 4.39 Å². The lowest BCUT2D eigenvalue weighted by molar-refractivity contribution is 0.325. The van der Waals surface area contributed by atoms with Crippen molar-refractivity contribution >= 4 is 0 Å². The van der Waals surface area contributed by atoms with E-state index >= 15 is 0 Å². The SMILES string of the molecule is CC(NC1CC(C)N(C)C1)c1cccc(F)c1. The van der Waals surface area contributed by atoms with Gasteiger partial charge in [0, 0.05) is 24.7 Å². The largest absolute Gasteiger partial charge is 0.306 e. The maximum absolute atomic E-state index is 13.1. The third-order valence-electron chi connectivity index (χ3n) is 3.72. The fourth-order valence-corrected chi connectivity index (χ4v) is 2.54. The minimum atomic E-state index is -0.159. The molecule has 0 bridgehead atoms. The Bertz CT molecular complexity index is 370. The Morgan fingerprint density at radius 3 is 2.82 bits per heavy atom. The van der Waals surface area contributed by atoms with Crippen LogP contribution in [0, 0.1) is 5.82 Å². The summed E-state index contributed by atoms with van der Waals surface area (Å²) in [4.78, 5) is 2.36. The maximum atomic E-state index is 13.1. The lowest BCUT2D eigenvalue weighted by Crippen LogP contribution is -2.33. The van der Waals surface area contributed by atoms with Crippen LogP contribution in [0.15, 0.2) is 24.3 Å². The van der Waals surface area contributed by atoms with Gasteiger partial charge in [-0.2, -0.15) is 0 Å². The summed E-state index contributed by atoms with van der Waals surface area (Å²) < 4.78 is 13.1. The molecule has 0 radical (unpaired) electrons. The molecule has 1 heterocycles. The minimum absolute atomic E-state index is 0.159. The number of hydrogen-bond acceptors (Lipinski definition) is 2. The van der Waals surface area contributed by atoms with E-state index in [9.17, 15) is 4.39 Å². The lowest BCUT2D eigenvalue weighted by atomic mass is 10.1. The van der Waals surface area contributed by atoms with Crippen molar-refractivity contribution in [2.24, 2.45) is 0 Å². The van der Waals surface area contributed by atoms with Gasteiger partial charge in [-0.15, -0.1) is 0 Å². The van der Waals surface area contributed by atoms with Gasteiger partial charge in [0.25, 0.3) is 0 Å². The van der Waals surface area contributed by atoms with Crippen molar-refractivity contribution in [2.75, 3.05) is 13.6 Å². The molecule has 1 aromatic carbocycles. The van der Waals surface area contributed by atoms with Crippen molar-refractivity contribution in [1.29, 1.82) is 0 Å². The van der Waals surface area contributed by atoms with Gasteiger partial charge >= 0.3 is 0 Å². The van der Waals surface area contributed by atoms with Gasteiger partial charge in [-0.25, -0.2) is 4.39 Å². The van der Waals surface area contributed by atoms with E-state index in [2.05, 4.69) is 31.1 Å². The Kier molecular flexibility index (Phi) is 3.79. The molecule has 1 aliphatic rings. The Morgan fingerprint density at radius 2 is 2.24 bits per heavy atom. The molecule has 1 aliphatic heterocycles. The smallest absolute Gasteiger partial charge is 0.123 e. The number of nitrogens with zero attached hydrogens (tertiary/aromatic N) is 1. The first-order valence-electron chi connectivity index (χ1n) is 6.28. The van der Waals surface area contributed by atoms with Crippen molar-refractivity contribution in [3.8, 4) is 0 Å². The van der Waals surface area contributed by atoms with E-state index in [1.54, 1.807) is 12.1 Å². The van der Waals surface area contributed by atoms with Crippen LogP contribution in [-0.4, -0.2) is 30.6 Å². The van der Waals surface area contributed by atoms with E-state index < -0.39 is 0 Å². The van der Waals surface area contributed by atoms with Gasteiger partial charge in [0.05, 0.1) is 0 Å². The molecule has 0 saturated carbocycles. The molecule has 1 N–H and O–H groups in total. The first kappa shape index (κ1) is 12.5. The zero-order valence-electron chi connectivity index (χ0n) is 10.8. The highest BCUT2D eigenvalue weighted by Crippen LogP contribution is 2.20. The standard InChI is InChI=1S/C14H21FN2/c1-10-7-14(9-17(10)3)16-11(2)12-5-4-6-13(15)8-12/h4-6,8,10-11,14,16H,7,9H2,1-3H3. The number of hydrogen-bond donors (Lipinski definition) is 1. The van der Waals surface area contributed by atoms with E-state index in [1.165, 1.54) is 6.07 Å². The summed E-state index contributed by atoms with van der Waals surface area (Å²) in [5, 5.41) is 3.57. The number of rotatable bonds is 3. The molecule has 94 valence electrons. The van der Waals surface area contributed by atoms with Crippen LogP contribution in [0.1, 0.15) is 31.9 Å². The van der Waals surface area contributed by atoms with Gasteiger partial charge in [-0.05, 0) is 45.0 Å². The predicted molar refractivity (Wildman–Crippen MR) is 68.4 cm³/mol. The molecule has 2 nitrogen and oxygen atoms in total. The molecule has 1 fully saturated rings. The zero-order valence-corrected chi connectivity index (χ0v) is 10.8. The van der Waals surface area contributed by atoms with Crippen LogP contribution in [0.2, 0.25) is 0 Å². The van der Waals surface area contributed by atoms with E-state index in [0.29, 0.717) is 12.1 Å². The van der Waals surface area contributed by atoms with E-state index in [1.807, 2.05) is 6.07 Å². The first-order valence-corrected chi connectivity index (χ1v) is 6.28. The molecule has 0 amide bonds. The fourth-order valence-electron chi connectivity index (χ4n) is 2.54. The van der Waals surface area contributed by atoms with Crippen molar-refractivity contribution in [1.82, 2.24) is 10.2 Å². The van der Waals surface area contributed by atoms with Gasteiger partial charge in [-0.3, -0.25) is 0 Å². The average Bonchev–Trinajstić information content (AvgIpc) is 2.58. The summed E-state index contributed by atoms with van der Waals surface area (Å²) in [7, 11) is 2.15. The maximum Gasteiger partial charge on any atom is 0.123 e. The van der Waals surface area contributed by atoms with Gasteiger partial charge in [0.1, 0.15) is 5.82 Å². The van der Waals surface area contributed by atoms with Crippen LogP contribution in [-0.2, 0) is 0 Å². The Labute approximate surface area is 103 Å². The van der Waals surface area contributed by atoms with E-state index in [0.717, 1.165) is 18.5 Å². The zero-order chi connectivity index (χ0) is 12.4. The summed E-state index contributed by atoms with van der Waals surface area (Å²) >= 11 is 0. The molecule has 3 heteroatoms. The summed E-state index contributed by atoms with van der Waals surface area (Å²) in [6.45, 7) is 5.41.